The summed E-state index contributed by atoms with van der Waals surface area (Å²) in [6.45, 7) is 2.19. The molecule has 128 valence electrons. The lowest BCUT2D eigenvalue weighted by Crippen LogP contribution is -2.21. The van der Waals surface area contributed by atoms with Crippen LogP contribution >= 0.6 is 11.6 Å². The Bertz CT molecular complexity index is 761. The fraction of sp³-hybridized carbons (Fsp3) is 0.412. The van der Waals surface area contributed by atoms with Crippen LogP contribution in [0.1, 0.15) is 49.0 Å². The standard InChI is InChI=1S/C17H20ClFN4O/c1-10-4-2-3-5-15(10)23-9-12(16(20)24)17(22-23)21-11-6-7-13(18)14(19)8-11/h6-10,15H,2-5H2,1H3,(H2,20,24)(H,21,22)/t10-,15-/m0/s1. The van der Waals surface area contributed by atoms with Crippen molar-refractivity contribution in [3.8, 4) is 0 Å². The van der Waals surface area contributed by atoms with E-state index in [9.17, 15) is 9.18 Å². The van der Waals surface area contributed by atoms with Crippen molar-refractivity contribution in [3.05, 3.63) is 40.8 Å². The monoisotopic (exact) mass is 350 g/mol. The number of nitrogens with two attached hydrogens (primary N) is 1. The number of nitrogens with one attached hydrogen (secondary N) is 1. The highest BCUT2D eigenvalue weighted by molar-refractivity contribution is 6.30. The van der Waals surface area contributed by atoms with E-state index in [0.717, 1.165) is 19.3 Å². The van der Waals surface area contributed by atoms with Crippen molar-refractivity contribution in [2.45, 2.75) is 38.6 Å². The van der Waals surface area contributed by atoms with Crippen LogP contribution in [0.15, 0.2) is 24.4 Å². The van der Waals surface area contributed by atoms with Gasteiger partial charge in [0.05, 0.1) is 11.1 Å². The third kappa shape index (κ3) is 3.38. The summed E-state index contributed by atoms with van der Waals surface area (Å²) in [5.41, 5.74) is 6.23. The number of halogens is 2. The molecular weight excluding hydrogens is 331 g/mol. The summed E-state index contributed by atoms with van der Waals surface area (Å²) in [5, 5.41) is 7.51. The van der Waals surface area contributed by atoms with Crippen LogP contribution in [-0.4, -0.2) is 15.7 Å². The fourth-order valence-corrected chi connectivity index (χ4v) is 3.35. The number of rotatable bonds is 4. The molecule has 1 saturated carbocycles. The predicted molar refractivity (Wildman–Crippen MR) is 92.1 cm³/mol. The summed E-state index contributed by atoms with van der Waals surface area (Å²) in [4.78, 5) is 11.7. The molecule has 1 fully saturated rings. The Hall–Kier alpha value is -2.08. The maximum atomic E-state index is 13.6. The van der Waals surface area contributed by atoms with Gasteiger partial charge in [0.1, 0.15) is 11.4 Å². The van der Waals surface area contributed by atoms with E-state index >= 15 is 0 Å². The number of benzene rings is 1. The number of carbonyl (C=O) groups is 1. The Kier molecular flexibility index (Phi) is 4.76. The molecule has 0 unspecified atom stereocenters. The molecule has 1 aromatic carbocycles. The molecule has 0 spiro atoms. The van der Waals surface area contributed by atoms with E-state index in [0.29, 0.717) is 23.0 Å². The van der Waals surface area contributed by atoms with Gasteiger partial charge in [-0.3, -0.25) is 9.48 Å². The van der Waals surface area contributed by atoms with E-state index < -0.39 is 11.7 Å². The Morgan fingerprint density at radius 2 is 2.17 bits per heavy atom. The molecule has 0 radical (unpaired) electrons. The quantitative estimate of drug-likeness (QED) is 0.864. The molecule has 0 bridgehead atoms. The van der Waals surface area contributed by atoms with Gasteiger partial charge in [-0.2, -0.15) is 5.10 Å². The first-order valence-electron chi connectivity index (χ1n) is 8.06. The summed E-state index contributed by atoms with van der Waals surface area (Å²) in [7, 11) is 0. The van der Waals surface area contributed by atoms with E-state index in [-0.39, 0.29) is 11.1 Å². The van der Waals surface area contributed by atoms with Crippen molar-refractivity contribution in [3.63, 3.8) is 0 Å². The van der Waals surface area contributed by atoms with E-state index in [2.05, 4.69) is 17.3 Å². The first-order chi connectivity index (χ1) is 11.5. The SMILES string of the molecule is C[C@H]1CCCC[C@@H]1n1cc(C(N)=O)c(Nc2ccc(Cl)c(F)c2)n1. The van der Waals surface area contributed by atoms with Crippen LogP contribution in [0.2, 0.25) is 5.02 Å². The lowest BCUT2D eigenvalue weighted by Gasteiger charge is -2.28. The number of nitrogens with zero attached hydrogens (tertiary/aromatic N) is 2. The van der Waals surface area contributed by atoms with Crippen molar-refractivity contribution >= 4 is 29.0 Å². The van der Waals surface area contributed by atoms with Crippen LogP contribution in [0.4, 0.5) is 15.9 Å². The van der Waals surface area contributed by atoms with Crippen molar-refractivity contribution in [2.24, 2.45) is 11.7 Å². The highest BCUT2D eigenvalue weighted by atomic mass is 35.5. The lowest BCUT2D eigenvalue weighted by molar-refractivity contribution is 0.100. The normalized spacial score (nSPS) is 20.8. The number of aromatic nitrogens is 2. The predicted octanol–water partition coefficient (Wildman–Crippen LogP) is 4.27. The Labute approximate surface area is 145 Å². The first kappa shape index (κ1) is 16.8. The fourth-order valence-electron chi connectivity index (χ4n) is 3.23. The molecule has 0 aliphatic heterocycles. The van der Waals surface area contributed by atoms with Gasteiger partial charge in [0.25, 0.3) is 5.91 Å². The second-order valence-electron chi connectivity index (χ2n) is 6.32. The van der Waals surface area contributed by atoms with Crippen LogP contribution in [0.5, 0.6) is 0 Å². The minimum absolute atomic E-state index is 0.0391. The molecule has 7 heteroatoms. The van der Waals surface area contributed by atoms with Gasteiger partial charge in [-0.15, -0.1) is 0 Å². The number of anilines is 2. The summed E-state index contributed by atoms with van der Waals surface area (Å²) in [6, 6.07) is 4.58. The molecule has 24 heavy (non-hydrogen) atoms. The van der Waals surface area contributed by atoms with Gasteiger partial charge >= 0.3 is 0 Å². The lowest BCUT2D eigenvalue weighted by atomic mass is 9.86. The van der Waals surface area contributed by atoms with E-state index in [1.165, 1.54) is 18.6 Å². The number of carbonyl (C=O) groups excluding carboxylic acids is 1. The topological polar surface area (TPSA) is 72.9 Å². The smallest absolute Gasteiger partial charge is 0.254 e. The van der Waals surface area contributed by atoms with Gasteiger partial charge in [-0.1, -0.05) is 31.4 Å². The summed E-state index contributed by atoms with van der Waals surface area (Å²) in [6.07, 6.45) is 6.21. The van der Waals surface area contributed by atoms with Crippen molar-refractivity contribution in [1.29, 1.82) is 0 Å². The van der Waals surface area contributed by atoms with Crippen molar-refractivity contribution < 1.29 is 9.18 Å². The zero-order valence-electron chi connectivity index (χ0n) is 13.4. The zero-order valence-corrected chi connectivity index (χ0v) is 14.2. The Balaban J connectivity index is 1.91. The Morgan fingerprint density at radius 1 is 1.42 bits per heavy atom. The largest absolute Gasteiger partial charge is 0.365 e. The average molecular weight is 351 g/mol. The van der Waals surface area contributed by atoms with Gasteiger partial charge in [-0.25, -0.2) is 4.39 Å². The minimum atomic E-state index is -0.568. The number of primary amides is 1. The second kappa shape index (κ2) is 6.81. The van der Waals surface area contributed by atoms with Gasteiger partial charge in [0.2, 0.25) is 0 Å². The Morgan fingerprint density at radius 3 is 2.83 bits per heavy atom. The first-order valence-corrected chi connectivity index (χ1v) is 8.44. The van der Waals surface area contributed by atoms with Gasteiger partial charge in [0.15, 0.2) is 5.82 Å². The molecule has 1 aliphatic carbocycles. The third-order valence-electron chi connectivity index (χ3n) is 4.59. The molecule has 1 heterocycles. The molecule has 1 amide bonds. The number of hydrogen-bond acceptors (Lipinski definition) is 3. The molecule has 2 aromatic rings. The highest BCUT2D eigenvalue weighted by Gasteiger charge is 2.26. The maximum absolute atomic E-state index is 13.6. The summed E-state index contributed by atoms with van der Waals surface area (Å²) >= 11 is 5.69. The van der Waals surface area contributed by atoms with E-state index in [1.807, 2.05) is 4.68 Å². The molecule has 2 atom stereocenters. The average Bonchev–Trinajstić information content (AvgIpc) is 2.95. The van der Waals surface area contributed by atoms with Gasteiger partial charge in [-0.05, 0) is 37.0 Å². The molecule has 0 saturated heterocycles. The zero-order chi connectivity index (χ0) is 17.3. The molecular formula is C17H20ClFN4O. The summed E-state index contributed by atoms with van der Waals surface area (Å²) < 4.78 is 15.4. The summed E-state index contributed by atoms with van der Waals surface area (Å²) in [5.74, 6) is -0.286. The minimum Gasteiger partial charge on any atom is -0.365 e. The van der Waals surface area contributed by atoms with Crippen molar-refractivity contribution in [2.75, 3.05) is 5.32 Å². The maximum Gasteiger partial charge on any atom is 0.254 e. The van der Waals surface area contributed by atoms with E-state index in [4.69, 9.17) is 17.3 Å². The number of hydrogen-bond donors (Lipinski definition) is 2. The molecule has 1 aromatic heterocycles. The molecule has 3 N–H and O–H groups in total. The van der Waals surface area contributed by atoms with E-state index in [1.54, 1.807) is 12.3 Å². The molecule has 3 rings (SSSR count). The number of amides is 1. The van der Waals surface area contributed by atoms with Gasteiger partial charge in [0, 0.05) is 11.9 Å². The van der Waals surface area contributed by atoms with Crippen LogP contribution in [0.3, 0.4) is 0 Å². The third-order valence-corrected chi connectivity index (χ3v) is 4.89. The highest BCUT2D eigenvalue weighted by Crippen LogP contribution is 2.34. The van der Waals surface area contributed by atoms with Crippen LogP contribution in [0, 0.1) is 11.7 Å². The van der Waals surface area contributed by atoms with Crippen LogP contribution in [-0.2, 0) is 0 Å². The van der Waals surface area contributed by atoms with Gasteiger partial charge < -0.3 is 11.1 Å². The van der Waals surface area contributed by atoms with Crippen molar-refractivity contribution in [1.82, 2.24) is 9.78 Å². The van der Waals surface area contributed by atoms with Crippen LogP contribution < -0.4 is 11.1 Å². The second-order valence-corrected chi connectivity index (χ2v) is 6.73. The molecule has 5 nitrogen and oxygen atoms in total. The van der Waals surface area contributed by atoms with Crippen LogP contribution in [0.25, 0.3) is 0 Å². The molecule has 1 aliphatic rings.